The Kier molecular flexibility index (Phi) is 4.59. The number of ether oxygens (including phenoxy) is 1. The molecule has 1 amide bonds. The van der Waals surface area contributed by atoms with Crippen molar-refractivity contribution in [2.45, 2.75) is 43.9 Å². The van der Waals surface area contributed by atoms with Crippen molar-refractivity contribution in [1.82, 2.24) is 9.80 Å². The summed E-state index contributed by atoms with van der Waals surface area (Å²) in [6, 6.07) is 0.143. The number of likely N-dealkylation sites (N-methyl/N-ethyl adjacent to an activating group) is 1. The number of nitrogens with zero attached hydrogens (tertiary/aromatic N) is 2. The Labute approximate surface area is 109 Å². The normalized spacial score (nSPS) is 32.4. The summed E-state index contributed by atoms with van der Waals surface area (Å²) >= 11 is 0. The molecule has 3 atom stereocenters. The van der Waals surface area contributed by atoms with Crippen molar-refractivity contribution >= 4 is 5.91 Å². The quantitative estimate of drug-likeness (QED) is 0.774. The van der Waals surface area contributed by atoms with Crippen LogP contribution in [-0.2, 0) is 9.53 Å². The van der Waals surface area contributed by atoms with Crippen LogP contribution in [0.5, 0.6) is 0 Å². The fraction of sp³-hybridized carbons (Fsp3) is 0.923. The van der Waals surface area contributed by atoms with Gasteiger partial charge in [0.15, 0.2) is 0 Å². The van der Waals surface area contributed by atoms with Crippen molar-refractivity contribution in [3.05, 3.63) is 0 Å². The lowest BCUT2D eigenvalue weighted by Gasteiger charge is -2.27. The van der Waals surface area contributed by atoms with Crippen LogP contribution in [0.1, 0.15) is 25.7 Å². The van der Waals surface area contributed by atoms with Gasteiger partial charge in [-0.05, 0) is 33.4 Å². The second kappa shape index (κ2) is 5.99. The lowest BCUT2D eigenvalue weighted by molar-refractivity contribution is -0.134. The molecule has 0 bridgehead atoms. The zero-order chi connectivity index (χ0) is 13.1. The molecular weight excluding hydrogens is 232 g/mol. The summed E-state index contributed by atoms with van der Waals surface area (Å²) in [4.78, 5) is 16.2. The van der Waals surface area contributed by atoms with E-state index in [-0.39, 0.29) is 24.2 Å². The van der Waals surface area contributed by atoms with Gasteiger partial charge in [-0.3, -0.25) is 4.79 Å². The second-order valence-corrected chi connectivity index (χ2v) is 5.69. The summed E-state index contributed by atoms with van der Waals surface area (Å²) in [6.07, 6.45) is 2.92. The lowest BCUT2D eigenvalue weighted by Crippen LogP contribution is -2.42. The molecule has 5 nitrogen and oxygen atoms in total. The van der Waals surface area contributed by atoms with E-state index >= 15 is 0 Å². The summed E-state index contributed by atoms with van der Waals surface area (Å²) in [5.41, 5.74) is 0. The van der Waals surface area contributed by atoms with Crippen LogP contribution >= 0.6 is 0 Å². The van der Waals surface area contributed by atoms with Gasteiger partial charge in [-0.15, -0.1) is 0 Å². The number of β-amino-alcohol motifs (C(OH)–C–C–N with tert-alkyl or cyclic N) is 1. The summed E-state index contributed by atoms with van der Waals surface area (Å²) in [6.45, 7) is 2.07. The van der Waals surface area contributed by atoms with Gasteiger partial charge >= 0.3 is 0 Å². The third kappa shape index (κ3) is 3.43. The molecule has 2 rings (SSSR count). The van der Waals surface area contributed by atoms with E-state index in [0.29, 0.717) is 19.4 Å². The molecule has 2 heterocycles. The molecule has 0 radical (unpaired) electrons. The molecule has 0 spiro atoms. The number of aliphatic hydroxyl groups is 1. The van der Waals surface area contributed by atoms with Crippen LogP contribution in [0.15, 0.2) is 0 Å². The van der Waals surface area contributed by atoms with Crippen molar-refractivity contribution in [1.29, 1.82) is 0 Å². The zero-order valence-corrected chi connectivity index (χ0v) is 11.3. The van der Waals surface area contributed by atoms with Gasteiger partial charge < -0.3 is 19.6 Å². The van der Waals surface area contributed by atoms with Crippen LogP contribution in [0, 0.1) is 0 Å². The number of aliphatic hydroxyl groups excluding tert-OH is 1. The monoisotopic (exact) mass is 256 g/mol. The van der Waals surface area contributed by atoms with Gasteiger partial charge in [0.25, 0.3) is 0 Å². The Balaban J connectivity index is 1.89. The third-order valence-corrected chi connectivity index (χ3v) is 3.71. The molecule has 5 heteroatoms. The van der Waals surface area contributed by atoms with E-state index in [9.17, 15) is 9.90 Å². The summed E-state index contributed by atoms with van der Waals surface area (Å²) in [5, 5.41) is 9.75. The van der Waals surface area contributed by atoms with E-state index in [2.05, 4.69) is 4.90 Å². The molecule has 0 aromatic carbocycles. The fourth-order valence-corrected chi connectivity index (χ4v) is 2.91. The highest BCUT2D eigenvalue weighted by molar-refractivity contribution is 5.77. The number of rotatable bonds is 4. The molecule has 3 unspecified atom stereocenters. The second-order valence-electron chi connectivity index (χ2n) is 5.69. The Morgan fingerprint density at radius 1 is 1.50 bits per heavy atom. The van der Waals surface area contributed by atoms with Gasteiger partial charge in [-0.25, -0.2) is 0 Å². The van der Waals surface area contributed by atoms with E-state index < -0.39 is 0 Å². The number of hydrogen-bond acceptors (Lipinski definition) is 4. The van der Waals surface area contributed by atoms with Crippen molar-refractivity contribution in [2.75, 3.05) is 33.8 Å². The minimum absolute atomic E-state index is 0.0928. The van der Waals surface area contributed by atoms with Crippen LogP contribution in [0.3, 0.4) is 0 Å². The average Bonchev–Trinajstić information content (AvgIpc) is 2.87. The van der Waals surface area contributed by atoms with Crippen molar-refractivity contribution < 1.29 is 14.6 Å². The number of carbonyl (C=O) groups excluding carboxylic acids is 1. The molecule has 2 aliphatic heterocycles. The largest absolute Gasteiger partial charge is 0.391 e. The zero-order valence-electron chi connectivity index (χ0n) is 11.3. The molecule has 18 heavy (non-hydrogen) atoms. The standard InChI is InChI=1S/C13H24N2O3/c1-14(2)8-10-6-11(16)9-15(10)13(17)7-12-4-3-5-18-12/h10-12,16H,3-9H2,1-2H3. The maximum Gasteiger partial charge on any atom is 0.225 e. The van der Waals surface area contributed by atoms with Crippen molar-refractivity contribution in [3.8, 4) is 0 Å². The molecule has 0 aromatic rings. The maximum atomic E-state index is 12.3. The highest BCUT2D eigenvalue weighted by atomic mass is 16.5. The predicted octanol–water partition coefficient (Wildman–Crippen LogP) is 0.0789. The number of likely N-dealkylation sites (tertiary alicyclic amines) is 1. The van der Waals surface area contributed by atoms with Gasteiger partial charge in [0.05, 0.1) is 18.6 Å². The Hall–Kier alpha value is -0.650. The van der Waals surface area contributed by atoms with E-state index in [1.165, 1.54) is 0 Å². The van der Waals surface area contributed by atoms with Gasteiger partial charge in [0, 0.05) is 25.7 Å². The Morgan fingerprint density at radius 3 is 2.89 bits per heavy atom. The smallest absolute Gasteiger partial charge is 0.225 e. The SMILES string of the molecule is CN(C)CC1CC(O)CN1C(=O)CC1CCCO1. The first-order valence-corrected chi connectivity index (χ1v) is 6.80. The van der Waals surface area contributed by atoms with Crippen molar-refractivity contribution in [2.24, 2.45) is 0 Å². The number of amides is 1. The first kappa shape index (κ1) is 13.8. The maximum absolute atomic E-state index is 12.3. The van der Waals surface area contributed by atoms with E-state index in [1.807, 2.05) is 19.0 Å². The lowest BCUT2D eigenvalue weighted by atomic mass is 10.1. The highest BCUT2D eigenvalue weighted by Crippen LogP contribution is 2.22. The number of carbonyl (C=O) groups is 1. The van der Waals surface area contributed by atoms with Crippen molar-refractivity contribution in [3.63, 3.8) is 0 Å². The van der Waals surface area contributed by atoms with Crippen LogP contribution in [0.25, 0.3) is 0 Å². The van der Waals surface area contributed by atoms with Crippen LogP contribution < -0.4 is 0 Å². The van der Waals surface area contributed by atoms with Gasteiger partial charge in [0.1, 0.15) is 0 Å². The molecule has 1 N–H and O–H groups in total. The molecular formula is C13H24N2O3. The van der Waals surface area contributed by atoms with Crippen LogP contribution in [0.4, 0.5) is 0 Å². The first-order valence-electron chi connectivity index (χ1n) is 6.80. The first-order chi connectivity index (χ1) is 8.56. The Morgan fingerprint density at radius 2 is 2.28 bits per heavy atom. The van der Waals surface area contributed by atoms with Gasteiger partial charge in [-0.2, -0.15) is 0 Å². The third-order valence-electron chi connectivity index (χ3n) is 3.71. The molecule has 0 aliphatic carbocycles. The molecule has 2 aliphatic rings. The molecule has 2 saturated heterocycles. The summed E-state index contributed by atoms with van der Waals surface area (Å²) < 4.78 is 5.51. The highest BCUT2D eigenvalue weighted by Gasteiger charge is 2.35. The fourth-order valence-electron chi connectivity index (χ4n) is 2.91. The minimum Gasteiger partial charge on any atom is -0.391 e. The molecule has 104 valence electrons. The Bertz CT molecular complexity index is 290. The summed E-state index contributed by atoms with van der Waals surface area (Å²) in [7, 11) is 3.99. The average molecular weight is 256 g/mol. The molecule has 0 aromatic heterocycles. The summed E-state index contributed by atoms with van der Waals surface area (Å²) in [5.74, 6) is 0.130. The molecule has 0 saturated carbocycles. The molecule has 2 fully saturated rings. The van der Waals surface area contributed by atoms with E-state index in [1.54, 1.807) is 0 Å². The van der Waals surface area contributed by atoms with Gasteiger partial charge in [0.2, 0.25) is 5.91 Å². The minimum atomic E-state index is -0.372. The van der Waals surface area contributed by atoms with Crippen LogP contribution in [-0.4, -0.2) is 72.9 Å². The number of hydrogen-bond donors (Lipinski definition) is 1. The predicted molar refractivity (Wildman–Crippen MR) is 68.3 cm³/mol. The van der Waals surface area contributed by atoms with E-state index in [4.69, 9.17) is 4.74 Å². The van der Waals surface area contributed by atoms with E-state index in [0.717, 1.165) is 26.0 Å². The van der Waals surface area contributed by atoms with Gasteiger partial charge in [-0.1, -0.05) is 0 Å². The topological polar surface area (TPSA) is 53.0 Å². The van der Waals surface area contributed by atoms with Crippen LogP contribution in [0.2, 0.25) is 0 Å².